The molecule has 0 saturated carbocycles. The second-order valence-corrected chi connectivity index (χ2v) is 6.45. The highest BCUT2D eigenvalue weighted by Crippen LogP contribution is 2.29. The van der Waals surface area contributed by atoms with Crippen LogP contribution in [-0.2, 0) is 7.05 Å². The Bertz CT molecular complexity index is 1010. The third-order valence-electron chi connectivity index (χ3n) is 4.32. The third kappa shape index (κ3) is 2.96. The van der Waals surface area contributed by atoms with E-state index in [2.05, 4.69) is 38.2 Å². The molecule has 4 rings (SSSR count). The molecule has 0 fully saturated rings. The van der Waals surface area contributed by atoms with Crippen molar-refractivity contribution in [3.8, 4) is 17.0 Å². The van der Waals surface area contributed by atoms with Gasteiger partial charge in [0, 0.05) is 36.3 Å². The Morgan fingerprint density at radius 1 is 1.16 bits per heavy atom. The Morgan fingerprint density at radius 3 is 2.72 bits per heavy atom. The molecule has 0 amide bonds. The lowest BCUT2D eigenvalue weighted by Gasteiger charge is -2.11. The fourth-order valence-corrected chi connectivity index (χ4v) is 2.97. The Labute approximate surface area is 146 Å². The summed E-state index contributed by atoms with van der Waals surface area (Å²) in [5, 5.41) is 6.45. The summed E-state index contributed by atoms with van der Waals surface area (Å²) in [5.74, 6) is 0.883. The summed E-state index contributed by atoms with van der Waals surface area (Å²) in [6, 6.07) is 10.3. The number of rotatable bonds is 5. The number of hydrogen-bond acceptors (Lipinski definition) is 4. The van der Waals surface area contributed by atoms with E-state index in [0.717, 1.165) is 45.5 Å². The minimum absolute atomic E-state index is 0.682. The smallest absolute Gasteiger partial charge is 0.139 e. The highest BCUT2D eigenvalue weighted by Gasteiger charge is 2.11. The molecular formula is C19H21N5O. The molecular weight excluding hydrogens is 314 g/mol. The third-order valence-corrected chi connectivity index (χ3v) is 4.32. The van der Waals surface area contributed by atoms with E-state index in [-0.39, 0.29) is 0 Å². The van der Waals surface area contributed by atoms with Gasteiger partial charge in [0.2, 0.25) is 0 Å². The van der Waals surface area contributed by atoms with Gasteiger partial charge in [-0.1, -0.05) is 0 Å². The first-order valence-electron chi connectivity index (χ1n) is 8.29. The van der Waals surface area contributed by atoms with Gasteiger partial charge in [-0.25, -0.2) is 4.98 Å². The molecule has 1 N–H and O–H groups in total. The van der Waals surface area contributed by atoms with Crippen LogP contribution in [0.25, 0.3) is 33.2 Å². The number of benzene rings is 1. The maximum Gasteiger partial charge on any atom is 0.139 e. The predicted molar refractivity (Wildman–Crippen MR) is 99.9 cm³/mol. The van der Waals surface area contributed by atoms with Crippen LogP contribution in [0.3, 0.4) is 0 Å². The second-order valence-electron chi connectivity index (χ2n) is 6.45. The predicted octanol–water partition coefficient (Wildman–Crippen LogP) is 3.06. The maximum absolute atomic E-state index is 5.75. The molecule has 0 aliphatic rings. The van der Waals surface area contributed by atoms with E-state index in [1.165, 1.54) is 0 Å². The monoisotopic (exact) mass is 335 g/mol. The summed E-state index contributed by atoms with van der Waals surface area (Å²) in [6.07, 6.45) is 3.70. The van der Waals surface area contributed by atoms with Gasteiger partial charge in [-0.3, -0.25) is 4.68 Å². The molecule has 4 aromatic rings. The van der Waals surface area contributed by atoms with Crippen LogP contribution in [0.5, 0.6) is 5.75 Å². The van der Waals surface area contributed by atoms with Gasteiger partial charge in [0.05, 0.1) is 11.7 Å². The van der Waals surface area contributed by atoms with Gasteiger partial charge in [-0.2, -0.15) is 5.10 Å². The van der Waals surface area contributed by atoms with E-state index in [4.69, 9.17) is 4.74 Å². The first-order valence-corrected chi connectivity index (χ1v) is 8.29. The molecule has 3 aromatic heterocycles. The zero-order valence-electron chi connectivity index (χ0n) is 14.7. The van der Waals surface area contributed by atoms with Crippen LogP contribution < -0.4 is 4.74 Å². The molecule has 0 aliphatic heterocycles. The van der Waals surface area contributed by atoms with Gasteiger partial charge in [0.1, 0.15) is 18.0 Å². The average molecular weight is 335 g/mol. The van der Waals surface area contributed by atoms with E-state index >= 15 is 0 Å². The normalized spacial score (nSPS) is 11.7. The lowest BCUT2D eigenvalue weighted by atomic mass is 10.1. The van der Waals surface area contributed by atoms with Crippen molar-refractivity contribution in [2.45, 2.75) is 0 Å². The highest BCUT2D eigenvalue weighted by atomic mass is 16.5. The zero-order chi connectivity index (χ0) is 17.4. The molecule has 1 aromatic carbocycles. The Hall–Kier alpha value is -2.86. The summed E-state index contributed by atoms with van der Waals surface area (Å²) >= 11 is 0. The lowest BCUT2D eigenvalue weighted by Crippen LogP contribution is -2.19. The quantitative estimate of drug-likeness (QED) is 0.609. The van der Waals surface area contributed by atoms with Crippen LogP contribution in [0, 0.1) is 0 Å². The van der Waals surface area contributed by atoms with Crippen molar-refractivity contribution in [3.05, 3.63) is 42.7 Å². The minimum atomic E-state index is 0.682. The summed E-state index contributed by atoms with van der Waals surface area (Å²) < 4.78 is 7.64. The van der Waals surface area contributed by atoms with Crippen LogP contribution in [0.2, 0.25) is 0 Å². The largest absolute Gasteiger partial charge is 0.492 e. The van der Waals surface area contributed by atoms with Gasteiger partial charge in [-0.05, 0) is 50.0 Å². The molecule has 0 atom stereocenters. The number of likely N-dealkylation sites (N-methyl/N-ethyl adjacent to an activating group) is 1. The molecule has 128 valence electrons. The van der Waals surface area contributed by atoms with Crippen LogP contribution in [-0.4, -0.2) is 51.9 Å². The minimum Gasteiger partial charge on any atom is -0.492 e. The molecule has 0 aliphatic carbocycles. The summed E-state index contributed by atoms with van der Waals surface area (Å²) in [5.41, 5.74) is 4.11. The molecule has 3 heterocycles. The van der Waals surface area contributed by atoms with Gasteiger partial charge in [0.25, 0.3) is 0 Å². The number of hydrogen-bond donors (Lipinski definition) is 1. The Kier molecular flexibility index (Phi) is 3.89. The van der Waals surface area contributed by atoms with E-state index in [1.807, 2.05) is 50.4 Å². The average Bonchev–Trinajstić information content (AvgIpc) is 3.18. The molecule has 0 radical (unpaired) electrons. The maximum atomic E-state index is 5.75. The van der Waals surface area contributed by atoms with Crippen LogP contribution in [0.4, 0.5) is 0 Å². The first-order chi connectivity index (χ1) is 12.1. The summed E-state index contributed by atoms with van der Waals surface area (Å²) in [4.78, 5) is 10.0. The molecule has 0 bridgehead atoms. The zero-order valence-corrected chi connectivity index (χ0v) is 14.7. The first kappa shape index (κ1) is 15.7. The van der Waals surface area contributed by atoms with Crippen molar-refractivity contribution < 1.29 is 4.74 Å². The molecule has 0 spiro atoms. The summed E-state index contributed by atoms with van der Waals surface area (Å²) in [6.45, 7) is 1.58. The van der Waals surface area contributed by atoms with Crippen molar-refractivity contribution in [1.29, 1.82) is 0 Å². The number of aryl methyl sites for hydroxylation is 1. The number of nitrogens with zero attached hydrogens (tertiary/aromatic N) is 4. The molecule has 6 nitrogen and oxygen atoms in total. The SMILES string of the molecule is CN(C)CCOc1ccc(-c2cc3c(ncc4cnn(C)c43)[nH]2)cc1. The fraction of sp³-hybridized carbons (Fsp3) is 0.263. The number of aromatic amines is 1. The van der Waals surface area contributed by atoms with Gasteiger partial charge in [0.15, 0.2) is 0 Å². The van der Waals surface area contributed by atoms with E-state index in [9.17, 15) is 0 Å². The van der Waals surface area contributed by atoms with Crippen molar-refractivity contribution in [2.24, 2.45) is 7.05 Å². The van der Waals surface area contributed by atoms with Crippen LogP contribution in [0.1, 0.15) is 0 Å². The van der Waals surface area contributed by atoms with Crippen molar-refractivity contribution in [1.82, 2.24) is 24.6 Å². The summed E-state index contributed by atoms with van der Waals surface area (Å²) in [7, 11) is 6.03. The van der Waals surface area contributed by atoms with Crippen LogP contribution in [0.15, 0.2) is 42.7 Å². The highest BCUT2D eigenvalue weighted by molar-refractivity contribution is 6.04. The van der Waals surface area contributed by atoms with Crippen molar-refractivity contribution >= 4 is 21.9 Å². The van der Waals surface area contributed by atoms with E-state index in [1.54, 1.807) is 0 Å². The Morgan fingerprint density at radius 2 is 1.96 bits per heavy atom. The van der Waals surface area contributed by atoms with E-state index in [0.29, 0.717) is 6.61 Å². The van der Waals surface area contributed by atoms with Crippen LogP contribution >= 0.6 is 0 Å². The number of aromatic nitrogens is 4. The second kappa shape index (κ2) is 6.22. The van der Waals surface area contributed by atoms with E-state index < -0.39 is 0 Å². The van der Waals surface area contributed by atoms with Gasteiger partial charge in [-0.15, -0.1) is 0 Å². The standard InChI is InChI=1S/C19H21N5O/c1-23(2)8-9-25-15-6-4-13(5-7-15)17-10-16-18-14(12-21-24(18)3)11-20-19(16)22-17/h4-7,10-12H,8-9H2,1-3H3,(H,20,22). The number of pyridine rings is 1. The molecule has 25 heavy (non-hydrogen) atoms. The molecule has 0 unspecified atom stereocenters. The van der Waals surface area contributed by atoms with Crippen molar-refractivity contribution in [3.63, 3.8) is 0 Å². The van der Waals surface area contributed by atoms with Gasteiger partial charge >= 0.3 is 0 Å². The topological polar surface area (TPSA) is 59.0 Å². The van der Waals surface area contributed by atoms with Crippen molar-refractivity contribution in [2.75, 3.05) is 27.2 Å². The number of ether oxygens (including phenoxy) is 1. The number of H-pyrrole nitrogens is 1. The molecule has 0 saturated heterocycles. The number of nitrogens with one attached hydrogen (secondary N) is 1. The Balaban J connectivity index is 1.63. The fourth-order valence-electron chi connectivity index (χ4n) is 2.97. The molecule has 6 heteroatoms. The lowest BCUT2D eigenvalue weighted by molar-refractivity contribution is 0.261. The van der Waals surface area contributed by atoms with Gasteiger partial charge < -0.3 is 14.6 Å². The number of fused-ring (bicyclic) bond motifs is 3.